The molecule has 5 aromatic rings. The van der Waals surface area contributed by atoms with Gasteiger partial charge >= 0.3 is 0 Å². The van der Waals surface area contributed by atoms with Crippen molar-refractivity contribution in [3.8, 4) is 44.5 Å². The fraction of sp³-hybridized carbons (Fsp3) is 0.0909. The Morgan fingerprint density at radius 3 is 1.41 bits per heavy atom. The Labute approximate surface area is 201 Å². The van der Waals surface area contributed by atoms with E-state index in [4.69, 9.17) is 5.73 Å². The van der Waals surface area contributed by atoms with E-state index in [1.165, 1.54) is 55.6 Å². The van der Waals surface area contributed by atoms with Crippen LogP contribution < -0.4 is 5.73 Å². The molecule has 6 rings (SSSR count). The molecule has 0 atom stereocenters. The maximum atomic E-state index is 6.11. The van der Waals surface area contributed by atoms with E-state index in [1.807, 2.05) is 6.07 Å². The second kappa shape index (κ2) is 7.74. The molecule has 0 spiro atoms. The third-order valence-electron chi connectivity index (χ3n) is 7.24. The molecule has 1 aliphatic carbocycles. The maximum absolute atomic E-state index is 6.11. The zero-order valence-corrected chi connectivity index (χ0v) is 19.5. The number of fused-ring (bicyclic) bond motifs is 3. The van der Waals surface area contributed by atoms with Crippen molar-refractivity contribution in [3.05, 3.63) is 126 Å². The fourth-order valence-electron chi connectivity index (χ4n) is 5.28. The molecule has 164 valence electrons. The van der Waals surface area contributed by atoms with Gasteiger partial charge in [0, 0.05) is 11.1 Å². The zero-order valence-electron chi connectivity index (χ0n) is 19.5. The van der Waals surface area contributed by atoms with E-state index in [0.717, 1.165) is 5.69 Å². The molecule has 1 heteroatoms. The quantitative estimate of drug-likeness (QED) is 0.281. The number of nitrogen functional groups attached to an aromatic ring is 1. The van der Waals surface area contributed by atoms with Crippen LogP contribution in [0.3, 0.4) is 0 Å². The van der Waals surface area contributed by atoms with Crippen LogP contribution in [-0.4, -0.2) is 0 Å². The van der Waals surface area contributed by atoms with Crippen LogP contribution in [0.1, 0.15) is 25.0 Å². The monoisotopic (exact) mass is 437 g/mol. The van der Waals surface area contributed by atoms with Gasteiger partial charge in [-0.1, -0.05) is 111 Å². The number of benzene rings is 5. The van der Waals surface area contributed by atoms with E-state index < -0.39 is 0 Å². The molecule has 0 bridgehead atoms. The summed E-state index contributed by atoms with van der Waals surface area (Å²) in [7, 11) is 0. The number of hydrogen-bond donors (Lipinski definition) is 1. The highest BCUT2D eigenvalue weighted by molar-refractivity contribution is 5.85. The first-order valence-electron chi connectivity index (χ1n) is 11.8. The SMILES string of the molecule is CC1(C)c2cc(N)ccc2-c2ccc(-c3ccc(-c4ccc(-c5ccccc5)cc4)cc3)cc21. The summed E-state index contributed by atoms with van der Waals surface area (Å²) < 4.78 is 0. The predicted octanol–water partition coefficient (Wildman–Crippen LogP) is 8.58. The van der Waals surface area contributed by atoms with E-state index in [0.29, 0.717) is 0 Å². The van der Waals surface area contributed by atoms with E-state index in [1.54, 1.807) is 0 Å². The summed E-state index contributed by atoms with van der Waals surface area (Å²) >= 11 is 0. The van der Waals surface area contributed by atoms with Gasteiger partial charge in [-0.25, -0.2) is 0 Å². The Morgan fingerprint density at radius 2 is 0.853 bits per heavy atom. The Morgan fingerprint density at radius 1 is 0.441 bits per heavy atom. The first-order chi connectivity index (χ1) is 16.5. The zero-order chi connectivity index (χ0) is 23.3. The molecule has 5 aromatic carbocycles. The molecule has 1 nitrogen and oxygen atoms in total. The molecular weight excluding hydrogens is 410 g/mol. The molecular formula is C33H27N. The summed E-state index contributed by atoms with van der Waals surface area (Å²) in [5.41, 5.74) is 19.6. The van der Waals surface area contributed by atoms with E-state index >= 15 is 0 Å². The van der Waals surface area contributed by atoms with Crippen molar-refractivity contribution in [1.29, 1.82) is 0 Å². The highest BCUT2D eigenvalue weighted by atomic mass is 14.5. The summed E-state index contributed by atoms with van der Waals surface area (Å²) in [5, 5.41) is 0. The van der Waals surface area contributed by atoms with Gasteiger partial charge in [-0.15, -0.1) is 0 Å². The van der Waals surface area contributed by atoms with Gasteiger partial charge in [-0.05, 0) is 73.8 Å². The number of anilines is 1. The van der Waals surface area contributed by atoms with Crippen LogP contribution in [-0.2, 0) is 5.41 Å². The summed E-state index contributed by atoms with van der Waals surface area (Å²) in [4.78, 5) is 0. The summed E-state index contributed by atoms with van der Waals surface area (Å²) in [6.45, 7) is 4.59. The molecule has 0 amide bonds. The Kier molecular flexibility index (Phi) is 4.67. The molecule has 0 saturated carbocycles. The van der Waals surface area contributed by atoms with Crippen LogP contribution in [0.15, 0.2) is 115 Å². The van der Waals surface area contributed by atoms with Gasteiger partial charge in [0.15, 0.2) is 0 Å². The van der Waals surface area contributed by atoms with Crippen LogP contribution >= 0.6 is 0 Å². The van der Waals surface area contributed by atoms with Gasteiger partial charge in [0.05, 0.1) is 0 Å². The largest absolute Gasteiger partial charge is 0.399 e. The van der Waals surface area contributed by atoms with Gasteiger partial charge in [0.1, 0.15) is 0 Å². The van der Waals surface area contributed by atoms with Gasteiger partial charge in [-0.2, -0.15) is 0 Å². The molecule has 0 unspecified atom stereocenters. The van der Waals surface area contributed by atoms with Crippen molar-refractivity contribution >= 4 is 5.69 Å². The van der Waals surface area contributed by atoms with Crippen LogP contribution in [0.2, 0.25) is 0 Å². The third kappa shape index (κ3) is 3.33. The molecule has 0 saturated heterocycles. The highest BCUT2D eigenvalue weighted by Crippen LogP contribution is 2.50. The lowest BCUT2D eigenvalue weighted by atomic mass is 9.81. The van der Waals surface area contributed by atoms with Crippen molar-refractivity contribution in [1.82, 2.24) is 0 Å². The minimum atomic E-state index is -0.0590. The van der Waals surface area contributed by atoms with Crippen LogP contribution in [0.5, 0.6) is 0 Å². The first kappa shape index (κ1) is 20.5. The number of rotatable bonds is 3. The Bertz CT molecular complexity index is 1490. The standard InChI is InChI=1S/C33H27N/c1-33(2)31-20-27(16-18-29(31)30-19-17-28(34)21-32(30)33)26-14-12-25(13-15-26)24-10-8-23(9-11-24)22-6-4-3-5-7-22/h3-21H,34H2,1-2H3. The van der Waals surface area contributed by atoms with Gasteiger partial charge < -0.3 is 5.73 Å². The van der Waals surface area contributed by atoms with Crippen molar-refractivity contribution in [2.45, 2.75) is 19.3 Å². The average molecular weight is 438 g/mol. The molecule has 0 fully saturated rings. The summed E-state index contributed by atoms with van der Waals surface area (Å²) in [5.74, 6) is 0. The van der Waals surface area contributed by atoms with Crippen molar-refractivity contribution in [2.24, 2.45) is 0 Å². The lowest BCUT2D eigenvalue weighted by Gasteiger charge is -2.22. The molecule has 0 aromatic heterocycles. The summed E-state index contributed by atoms with van der Waals surface area (Å²) in [6, 6.07) is 41.4. The van der Waals surface area contributed by atoms with Crippen LogP contribution in [0, 0.1) is 0 Å². The van der Waals surface area contributed by atoms with E-state index in [9.17, 15) is 0 Å². The Hall–Kier alpha value is -4.10. The minimum Gasteiger partial charge on any atom is -0.399 e. The molecule has 34 heavy (non-hydrogen) atoms. The van der Waals surface area contributed by atoms with E-state index in [-0.39, 0.29) is 5.41 Å². The number of nitrogens with two attached hydrogens (primary N) is 1. The molecule has 1 aliphatic rings. The van der Waals surface area contributed by atoms with Crippen LogP contribution in [0.4, 0.5) is 5.69 Å². The van der Waals surface area contributed by atoms with Crippen molar-refractivity contribution < 1.29 is 0 Å². The lowest BCUT2D eigenvalue weighted by Crippen LogP contribution is -2.15. The lowest BCUT2D eigenvalue weighted by molar-refractivity contribution is 0.661. The smallest absolute Gasteiger partial charge is 0.0317 e. The molecule has 0 heterocycles. The first-order valence-corrected chi connectivity index (χ1v) is 11.8. The molecule has 0 radical (unpaired) electrons. The van der Waals surface area contributed by atoms with Crippen molar-refractivity contribution in [3.63, 3.8) is 0 Å². The van der Waals surface area contributed by atoms with E-state index in [2.05, 4.69) is 123 Å². The maximum Gasteiger partial charge on any atom is 0.0317 e. The van der Waals surface area contributed by atoms with Gasteiger partial charge in [0.25, 0.3) is 0 Å². The minimum absolute atomic E-state index is 0.0590. The number of hydrogen-bond acceptors (Lipinski definition) is 1. The van der Waals surface area contributed by atoms with Crippen LogP contribution in [0.25, 0.3) is 44.5 Å². The third-order valence-corrected chi connectivity index (χ3v) is 7.24. The van der Waals surface area contributed by atoms with Gasteiger partial charge in [-0.3, -0.25) is 0 Å². The second-order valence-corrected chi connectivity index (χ2v) is 9.71. The molecule has 0 aliphatic heterocycles. The molecule has 2 N–H and O–H groups in total. The topological polar surface area (TPSA) is 26.0 Å². The highest BCUT2D eigenvalue weighted by Gasteiger charge is 2.35. The second-order valence-electron chi connectivity index (χ2n) is 9.71. The predicted molar refractivity (Wildman–Crippen MR) is 145 cm³/mol. The summed E-state index contributed by atoms with van der Waals surface area (Å²) in [6.07, 6.45) is 0. The van der Waals surface area contributed by atoms with Crippen molar-refractivity contribution in [2.75, 3.05) is 5.73 Å². The average Bonchev–Trinajstić information content (AvgIpc) is 3.10. The fourth-order valence-corrected chi connectivity index (χ4v) is 5.28. The Balaban J connectivity index is 1.30. The van der Waals surface area contributed by atoms with Gasteiger partial charge in [0.2, 0.25) is 0 Å². The normalized spacial score (nSPS) is 13.4.